The van der Waals surface area contributed by atoms with Gasteiger partial charge in [-0.3, -0.25) is 0 Å². The zero-order valence-electron chi connectivity index (χ0n) is 8.29. The van der Waals surface area contributed by atoms with Gasteiger partial charge in [-0.1, -0.05) is 6.08 Å². The van der Waals surface area contributed by atoms with E-state index in [9.17, 15) is 0 Å². The molecule has 72 valence electrons. The molecule has 2 nitrogen and oxygen atoms in total. The summed E-state index contributed by atoms with van der Waals surface area (Å²) in [6.45, 7) is 7.94. The first-order valence-corrected chi connectivity index (χ1v) is 4.64. The summed E-state index contributed by atoms with van der Waals surface area (Å²) < 4.78 is 5.29. The predicted molar refractivity (Wildman–Crippen MR) is 54.5 cm³/mol. The molecule has 0 radical (unpaired) electrons. The molecule has 2 heteroatoms. The standard InChI is InChI=1S/C11H17NO/c1-4-6-9(2)12-10(3)11-7-5-8-13-11/h4-5,7-10,12H,1,6H2,2-3H3. The number of hydrogen-bond donors (Lipinski definition) is 1. The van der Waals surface area contributed by atoms with E-state index in [0.717, 1.165) is 12.2 Å². The minimum atomic E-state index is 0.268. The van der Waals surface area contributed by atoms with Gasteiger partial charge in [-0.15, -0.1) is 6.58 Å². The zero-order chi connectivity index (χ0) is 9.68. The van der Waals surface area contributed by atoms with Crippen LogP contribution in [-0.2, 0) is 0 Å². The fraction of sp³-hybridized carbons (Fsp3) is 0.455. The molecule has 0 aliphatic carbocycles. The van der Waals surface area contributed by atoms with Crippen molar-refractivity contribution >= 4 is 0 Å². The quantitative estimate of drug-likeness (QED) is 0.703. The van der Waals surface area contributed by atoms with Crippen LogP contribution in [0.25, 0.3) is 0 Å². The second-order valence-electron chi connectivity index (χ2n) is 3.33. The summed E-state index contributed by atoms with van der Waals surface area (Å²) in [4.78, 5) is 0. The van der Waals surface area contributed by atoms with Crippen LogP contribution in [0.3, 0.4) is 0 Å². The average Bonchev–Trinajstić information content (AvgIpc) is 2.55. The second kappa shape index (κ2) is 4.87. The third-order valence-corrected chi connectivity index (χ3v) is 2.02. The molecule has 1 aromatic rings. The third kappa shape index (κ3) is 3.07. The van der Waals surface area contributed by atoms with Crippen LogP contribution in [-0.4, -0.2) is 6.04 Å². The van der Waals surface area contributed by atoms with Gasteiger partial charge in [0, 0.05) is 6.04 Å². The molecule has 0 aliphatic rings. The van der Waals surface area contributed by atoms with Crippen molar-refractivity contribution < 1.29 is 4.42 Å². The highest BCUT2D eigenvalue weighted by atomic mass is 16.3. The van der Waals surface area contributed by atoms with Gasteiger partial charge >= 0.3 is 0 Å². The maximum Gasteiger partial charge on any atom is 0.120 e. The normalized spacial score (nSPS) is 15.2. The first-order chi connectivity index (χ1) is 6.24. The molecule has 1 N–H and O–H groups in total. The van der Waals surface area contributed by atoms with Crippen molar-refractivity contribution in [3.63, 3.8) is 0 Å². The molecule has 0 aromatic carbocycles. The summed E-state index contributed by atoms with van der Waals surface area (Å²) in [6.07, 6.45) is 4.60. The highest BCUT2D eigenvalue weighted by Crippen LogP contribution is 2.13. The van der Waals surface area contributed by atoms with Gasteiger partial charge in [-0.05, 0) is 32.4 Å². The van der Waals surface area contributed by atoms with Crippen molar-refractivity contribution in [2.75, 3.05) is 0 Å². The van der Waals surface area contributed by atoms with Crippen LogP contribution in [0.4, 0.5) is 0 Å². The van der Waals surface area contributed by atoms with Gasteiger partial charge in [0.25, 0.3) is 0 Å². The van der Waals surface area contributed by atoms with E-state index in [0.29, 0.717) is 6.04 Å². The minimum Gasteiger partial charge on any atom is -0.468 e. The molecule has 0 saturated carbocycles. The Kier molecular flexibility index (Phi) is 3.77. The summed E-state index contributed by atoms with van der Waals surface area (Å²) in [7, 11) is 0. The van der Waals surface area contributed by atoms with E-state index >= 15 is 0 Å². The minimum absolute atomic E-state index is 0.268. The molecule has 1 heterocycles. The summed E-state index contributed by atoms with van der Waals surface area (Å²) in [5.74, 6) is 0.982. The molecule has 2 unspecified atom stereocenters. The molecule has 0 bridgehead atoms. The Balaban J connectivity index is 2.41. The Bertz CT molecular complexity index is 241. The average molecular weight is 179 g/mol. The predicted octanol–water partition coefficient (Wildman–Crippen LogP) is 2.89. The topological polar surface area (TPSA) is 25.2 Å². The number of nitrogens with one attached hydrogen (secondary N) is 1. The fourth-order valence-corrected chi connectivity index (χ4v) is 1.36. The molecule has 0 fully saturated rings. The van der Waals surface area contributed by atoms with Crippen LogP contribution in [0, 0.1) is 0 Å². The Labute approximate surface area is 79.6 Å². The Hall–Kier alpha value is -1.02. The summed E-state index contributed by atoms with van der Waals surface area (Å²) in [5, 5.41) is 3.42. The smallest absolute Gasteiger partial charge is 0.120 e. The Morgan fingerprint density at radius 2 is 2.38 bits per heavy atom. The molecule has 0 amide bonds. The van der Waals surface area contributed by atoms with Crippen LogP contribution in [0.15, 0.2) is 35.5 Å². The molecule has 1 rings (SSSR count). The van der Waals surface area contributed by atoms with Gasteiger partial charge in [0.05, 0.1) is 12.3 Å². The number of hydrogen-bond acceptors (Lipinski definition) is 2. The van der Waals surface area contributed by atoms with E-state index < -0.39 is 0 Å². The third-order valence-electron chi connectivity index (χ3n) is 2.02. The van der Waals surface area contributed by atoms with Crippen LogP contribution in [0.2, 0.25) is 0 Å². The summed E-state index contributed by atoms with van der Waals surface area (Å²) >= 11 is 0. The van der Waals surface area contributed by atoms with Crippen LogP contribution in [0.5, 0.6) is 0 Å². The summed E-state index contributed by atoms with van der Waals surface area (Å²) in [6, 6.07) is 4.60. The van der Waals surface area contributed by atoms with Crippen LogP contribution < -0.4 is 5.32 Å². The number of furan rings is 1. The molecule has 13 heavy (non-hydrogen) atoms. The van der Waals surface area contributed by atoms with Crippen LogP contribution >= 0.6 is 0 Å². The van der Waals surface area contributed by atoms with E-state index in [1.54, 1.807) is 6.26 Å². The molecule has 0 saturated heterocycles. The molecule has 1 aromatic heterocycles. The maximum absolute atomic E-state index is 5.29. The lowest BCUT2D eigenvalue weighted by molar-refractivity contribution is 0.399. The summed E-state index contributed by atoms with van der Waals surface area (Å²) in [5.41, 5.74) is 0. The van der Waals surface area contributed by atoms with E-state index in [-0.39, 0.29) is 6.04 Å². The van der Waals surface area contributed by atoms with E-state index in [2.05, 4.69) is 25.7 Å². The van der Waals surface area contributed by atoms with Gasteiger partial charge < -0.3 is 9.73 Å². The van der Waals surface area contributed by atoms with E-state index in [1.165, 1.54) is 0 Å². The monoisotopic (exact) mass is 179 g/mol. The lowest BCUT2D eigenvalue weighted by Gasteiger charge is -2.16. The highest BCUT2D eigenvalue weighted by molar-refractivity contribution is 5.03. The van der Waals surface area contributed by atoms with Gasteiger partial charge in [-0.2, -0.15) is 0 Å². The lowest BCUT2D eigenvalue weighted by atomic mass is 10.2. The number of rotatable bonds is 5. The molecule has 0 aliphatic heterocycles. The van der Waals surface area contributed by atoms with Crippen molar-refractivity contribution in [2.24, 2.45) is 0 Å². The second-order valence-corrected chi connectivity index (χ2v) is 3.33. The van der Waals surface area contributed by atoms with Crippen molar-refractivity contribution in [3.05, 3.63) is 36.8 Å². The highest BCUT2D eigenvalue weighted by Gasteiger charge is 2.09. The van der Waals surface area contributed by atoms with Gasteiger partial charge in [0.2, 0.25) is 0 Å². The first kappa shape index (κ1) is 10.1. The van der Waals surface area contributed by atoms with Gasteiger partial charge in [0.15, 0.2) is 0 Å². The van der Waals surface area contributed by atoms with Crippen LogP contribution in [0.1, 0.15) is 32.1 Å². The Morgan fingerprint density at radius 3 is 2.92 bits per heavy atom. The van der Waals surface area contributed by atoms with Crippen molar-refractivity contribution in [1.29, 1.82) is 0 Å². The van der Waals surface area contributed by atoms with Crippen molar-refractivity contribution in [2.45, 2.75) is 32.4 Å². The largest absolute Gasteiger partial charge is 0.468 e. The molecular weight excluding hydrogens is 162 g/mol. The fourth-order valence-electron chi connectivity index (χ4n) is 1.36. The first-order valence-electron chi connectivity index (χ1n) is 4.64. The van der Waals surface area contributed by atoms with Crippen molar-refractivity contribution in [3.8, 4) is 0 Å². The SMILES string of the molecule is C=CCC(C)NC(C)c1ccco1. The van der Waals surface area contributed by atoms with Crippen molar-refractivity contribution in [1.82, 2.24) is 5.32 Å². The molecule has 2 atom stereocenters. The molecule has 0 spiro atoms. The molecular formula is C11H17NO. The zero-order valence-corrected chi connectivity index (χ0v) is 8.29. The van der Waals surface area contributed by atoms with E-state index in [4.69, 9.17) is 4.42 Å². The van der Waals surface area contributed by atoms with E-state index in [1.807, 2.05) is 18.2 Å². The maximum atomic E-state index is 5.29. The van der Waals surface area contributed by atoms with Gasteiger partial charge in [0.1, 0.15) is 5.76 Å². The lowest BCUT2D eigenvalue weighted by Crippen LogP contribution is -2.28. The Morgan fingerprint density at radius 1 is 1.62 bits per heavy atom. The van der Waals surface area contributed by atoms with Gasteiger partial charge in [-0.25, -0.2) is 0 Å².